The number of nitrogens with one attached hydrogen (secondary N) is 2. The number of nitrogen functional groups attached to an aromatic ring is 2. The first-order valence-electron chi connectivity index (χ1n) is 7.00. The third-order valence-corrected chi connectivity index (χ3v) is 4.33. The van der Waals surface area contributed by atoms with Crippen LogP contribution in [0.4, 0.5) is 26.1 Å². The molecule has 11 heteroatoms. The number of pyridine rings is 1. The van der Waals surface area contributed by atoms with Crippen LogP contribution in [0, 0.1) is 34.4 Å². The Morgan fingerprint density at radius 2 is 1.96 bits per heavy atom. The molecular formula is C15H9BrF2N8. The van der Waals surface area contributed by atoms with Crippen molar-refractivity contribution < 1.29 is 8.78 Å². The van der Waals surface area contributed by atoms with Crippen molar-refractivity contribution in [1.82, 2.24) is 10.3 Å². The van der Waals surface area contributed by atoms with Crippen LogP contribution in [0.15, 0.2) is 21.6 Å². The first-order valence-corrected chi connectivity index (χ1v) is 7.80. The number of hydrogen-bond donors (Lipinski definition) is 4. The average molecular weight is 419 g/mol. The number of aromatic nitrogens is 1. The van der Waals surface area contributed by atoms with Crippen LogP contribution in [-0.2, 0) is 0 Å². The summed E-state index contributed by atoms with van der Waals surface area (Å²) in [7, 11) is 0. The van der Waals surface area contributed by atoms with Crippen molar-refractivity contribution in [3.8, 4) is 12.3 Å². The lowest BCUT2D eigenvalue weighted by Crippen LogP contribution is -2.33. The lowest BCUT2D eigenvalue weighted by molar-refractivity contribution is 0.563. The van der Waals surface area contributed by atoms with Gasteiger partial charge in [-0.15, -0.1) is 0 Å². The van der Waals surface area contributed by atoms with Gasteiger partial charge in [0.05, 0.1) is 5.69 Å². The molecule has 2 aromatic rings. The van der Waals surface area contributed by atoms with Gasteiger partial charge in [0.1, 0.15) is 40.9 Å². The summed E-state index contributed by atoms with van der Waals surface area (Å²) >= 11 is 3.11. The number of anilines is 3. The molecule has 1 aliphatic heterocycles. The zero-order valence-electron chi connectivity index (χ0n) is 12.8. The van der Waals surface area contributed by atoms with Crippen LogP contribution in [0.3, 0.4) is 0 Å². The highest BCUT2D eigenvalue weighted by Gasteiger charge is 2.32. The maximum absolute atomic E-state index is 14.5. The average Bonchev–Trinajstić information content (AvgIpc) is 2.54. The number of guanidine groups is 1. The second-order valence-corrected chi connectivity index (χ2v) is 6.04. The Balaban J connectivity index is 2.33. The van der Waals surface area contributed by atoms with E-state index in [0.29, 0.717) is 6.07 Å². The Labute approximate surface area is 154 Å². The van der Waals surface area contributed by atoms with E-state index in [1.807, 2.05) is 6.07 Å². The van der Waals surface area contributed by atoms with E-state index in [-0.39, 0.29) is 44.4 Å². The van der Waals surface area contributed by atoms with Crippen molar-refractivity contribution >= 4 is 39.2 Å². The number of benzene rings is 1. The van der Waals surface area contributed by atoms with Gasteiger partial charge in [-0.25, -0.2) is 18.8 Å². The van der Waals surface area contributed by atoms with Crippen LogP contribution >= 0.6 is 15.9 Å². The fourth-order valence-corrected chi connectivity index (χ4v) is 3.23. The highest BCUT2D eigenvalue weighted by Crippen LogP contribution is 2.43. The molecule has 0 fully saturated rings. The maximum Gasteiger partial charge on any atom is 0.211 e. The molecule has 2 heterocycles. The van der Waals surface area contributed by atoms with Gasteiger partial charge in [0, 0.05) is 21.7 Å². The zero-order chi connectivity index (χ0) is 19.0. The molecule has 0 aliphatic carbocycles. The number of nitriles is 2. The molecule has 1 atom stereocenters. The van der Waals surface area contributed by atoms with Crippen LogP contribution < -0.4 is 22.1 Å². The summed E-state index contributed by atoms with van der Waals surface area (Å²) in [4.78, 5) is 8.26. The quantitative estimate of drug-likeness (QED) is 0.409. The van der Waals surface area contributed by atoms with E-state index in [1.54, 1.807) is 6.19 Å². The van der Waals surface area contributed by atoms with Crippen LogP contribution in [0.25, 0.3) is 0 Å². The van der Waals surface area contributed by atoms with Crippen molar-refractivity contribution in [2.24, 2.45) is 4.99 Å². The molecule has 0 saturated carbocycles. The Morgan fingerprint density at radius 3 is 2.58 bits per heavy atom. The topological polar surface area (TPSA) is 149 Å². The van der Waals surface area contributed by atoms with E-state index in [1.165, 1.54) is 0 Å². The van der Waals surface area contributed by atoms with Crippen molar-refractivity contribution in [3.63, 3.8) is 0 Å². The van der Waals surface area contributed by atoms with Gasteiger partial charge >= 0.3 is 0 Å². The lowest BCUT2D eigenvalue weighted by atomic mass is 9.94. The normalized spacial score (nSPS) is 15.1. The highest BCUT2D eigenvalue weighted by molar-refractivity contribution is 9.10. The smallest absolute Gasteiger partial charge is 0.211 e. The second-order valence-electron chi connectivity index (χ2n) is 5.18. The number of nitrogens with two attached hydrogens (primary N) is 2. The van der Waals surface area contributed by atoms with Crippen molar-refractivity contribution in [1.29, 1.82) is 10.5 Å². The summed E-state index contributed by atoms with van der Waals surface area (Å²) in [6.07, 6.45) is 1.68. The van der Waals surface area contributed by atoms with Crippen molar-refractivity contribution in [2.45, 2.75) is 6.04 Å². The monoisotopic (exact) mass is 418 g/mol. The largest absolute Gasteiger partial charge is 0.397 e. The third kappa shape index (κ3) is 2.74. The molecule has 0 radical (unpaired) electrons. The first-order chi connectivity index (χ1) is 12.4. The predicted molar refractivity (Wildman–Crippen MR) is 93.5 cm³/mol. The standard InChI is InChI=1S/C15H9BrF2N8/c16-7-1-5(17)2-8(18)9(7)12-10-11(21)6(3-19)13(22)25-14(10)26-15(24-12)23-4-20/h1-2,12H,(H6,21,22,23,24,25,26). The summed E-state index contributed by atoms with van der Waals surface area (Å²) in [6, 6.07) is 2.50. The molecule has 0 bridgehead atoms. The Hall–Kier alpha value is -3.44. The van der Waals surface area contributed by atoms with Gasteiger partial charge in [-0.05, 0) is 6.07 Å². The summed E-state index contributed by atoms with van der Waals surface area (Å²) in [5.74, 6) is -1.73. The van der Waals surface area contributed by atoms with E-state index in [0.717, 1.165) is 6.07 Å². The number of hydrogen-bond acceptors (Lipinski definition) is 8. The van der Waals surface area contributed by atoms with E-state index in [2.05, 4.69) is 36.5 Å². The molecule has 26 heavy (non-hydrogen) atoms. The molecule has 8 nitrogen and oxygen atoms in total. The van der Waals surface area contributed by atoms with Gasteiger partial charge in [0.2, 0.25) is 5.96 Å². The molecule has 1 unspecified atom stereocenters. The van der Waals surface area contributed by atoms with E-state index in [4.69, 9.17) is 16.7 Å². The van der Waals surface area contributed by atoms with Gasteiger partial charge in [-0.2, -0.15) is 10.5 Å². The van der Waals surface area contributed by atoms with E-state index in [9.17, 15) is 14.0 Å². The molecular weight excluding hydrogens is 410 g/mol. The fraction of sp³-hybridized carbons (Fsp3) is 0.0667. The molecule has 0 spiro atoms. The first kappa shape index (κ1) is 17.4. The molecule has 1 aliphatic rings. The number of fused-ring (bicyclic) bond motifs is 1. The molecule has 0 amide bonds. The minimum Gasteiger partial charge on any atom is -0.397 e. The molecule has 0 saturated heterocycles. The molecule has 3 rings (SSSR count). The maximum atomic E-state index is 14.5. The summed E-state index contributed by atoms with van der Waals surface area (Å²) in [5, 5.41) is 23.1. The van der Waals surface area contributed by atoms with Crippen LogP contribution in [0.2, 0.25) is 0 Å². The molecule has 1 aromatic heterocycles. The Kier molecular flexibility index (Phi) is 4.32. The van der Waals surface area contributed by atoms with Crippen LogP contribution in [0.5, 0.6) is 0 Å². The summed E-state index contributed by atoms with van der Waals surface area (Å²) in [5.41, 5.74) is 11.8. The van der Waals surface area contributed by atoms with Gasteiger partial charge in [0.15, 0.2) is 6.19 Å². The van der Waals surface area contributed by atoms with Gasteiger partial charge in [-0.1, -0.05) is 15.9 Å². The minimum absolute atomic E-state index is 0.0309. The van der Waals surface area contributed by atoms with Crippen molar-refractivity contribution in [2.75, 3.05) is 16.8 Å². The number of nitrogens with zero attached hydrogens (tertiary/aromatic N) is 4. The molecule has 1 aromatic carbocycles. The summed E-state index contributed by atoms with van der Waals surface area (Å²) in [6.45, 7) is 0. The van der Waals surface area contributed by atoms with Gasteiger partial charge < -0.3 is 16.8 Å². The van der Waals surface area contributed by atoms with E-state index >= 15 is 0 Å². The number of halogens is 3. The Morgan fingerprint density at radius 1 is 1.23 bits per heavy atom. The van der Waals surface area contributed by atoms with Crippen LogP contribution in [-0.4, -0.2) is 10.9 Å². The molecule has 6 N–H and O–H groups in total. The van der Waals surface area contributed by atoms with Gasteiger partial charge in [0.25, 0.3) is 0 Å². The van der Waals surface area contributed by atoms with Crippen molar-refractivity contribution in [3.05, 3.63) is 44.9 Å². The fourth-order valence-electron chi connectivity index (χ4n) is 2.60. The summed E-state index contributed by atoms with van der Waals surface area (Å²) < 4.78 is 28.0. The lowest BCUT2D eigenvalue weighted by Gasteiger charge is -2.27. The Bertz CT molecular complexity index is 1010. The van der Waals surface area contributed by atoms with Gasteiger partial charge in [-0.3, -0.25) is 5.32 Å². The SMILES string of the molecule is N#CNC1=NC(c2c(F)cc(F)cc2Br)c2c(nc(N)c(C#N)c2N)N1. The zero-order valence-corrected chi connectivity index (χ0v) is 14.4. The number of aliphatic imine (C=N–C) groups is 1. The van der Waals surface area contributed by atoms with Crippen LogP contribution in [0.1, 0.15) is 22.7 Å². The number of rotatable bonds is 1. The van der Waals surface area contributed by atoms with E-state index < -0.39 is 17.7 Å². The predicted octanol–water partition coefficient (Wildman–Crippen LogP) is 2.10. The highest BCUT2D eigenvalue weighted by atomic mass is 79.9. The minimum atomic E-state index is -1.10. The third-order valence-electron chi connectivity index (χ3n) is 3.67. The second kappa shape index (κ2) is 6.46. The molecule has 130 valence electrons.